The number of benzene rings is 1. The zero-order chi connectivity index (χ0) is 15.2. The van der Waals surface area contributed by atoms with Crippen molar-refractivity contribution in [1.82, 2.24) is 10.1 Å². The van der Waals surface area contributed by atoms with Crippen LogP contribution in [0.15, 0.2) is 28.8 Å². The smallest absolute Gasteiger partial charge is 0.257 e. The van der Waals surface area contributed by atoms with E-state index >= 15 is 0 Å². The van der Waals surface area contributed by atoms with Crippen molar-refractivity contribution in [3.05, 3.63) is 30.1 Å². The monoisotopic (exact) mass is 290 g/mol. The molecule has 6 nitrogen and oxygen atoms in total. The van der Waals surface area contributed by atoms with Crippen molar-refractivity contribution in [2.24, 2.45) is 5.73 Å². The largest absolute Gasteiger partial charge is 0.379 e. The lowest BCUT2D eigenvalue weighted by atomic mass is 10.2. The fourth-order valence-electron chi connectivity index (χ4n) is 1.83. The predicted molar refractivity (Wildman–Crippen MR) is 82.1 cm³/mol. The molecule has 0 fully saturated rings. The van der Waals surface area contributed by atoms with Gasteiger partial charge in [0.05, 0.1) is 12.6 Å². The van der Waals surface area contributed by atoms with Crippen LogP contribution in [-0.4, -0.2) is 37.4 Å². The van der Waals surface area contributed by atoms with Crippen LogP contribution in [0.25, 0.3) is 11.5 Å². The van der Waals surface area contributed by atoms with Crippen molar-refractivity contribution in [3.63, 3.8) is 0 Å². The molecule has 0 aliphatic heterocycles. The zero-order valence-electron chi connectivity index (χ0n) is 12.7. The van der Waals surface area contributed by atoms with Gasteiger partial charge in [-0.1, -0.05) is 12.1 Å². The third-order valence-electron chi connectivity index (χ3n) is 3.05. The summed E-state index contributed by atoms with van der Waals surface area (Å²) >= 11 is 0. The van der Waals surface area contributed by atoms with Crippen molar-refractivity contribution in [3.8, 4) is 11.5 Å². The first kappa shape index (κ1) is 15.5. The maximum Gasteiger partial charge on any atom is 0.257 e. The molecule has 2 N–H and O–H groups in total. The zero-order valence-corrected chi connectivity index (χ0v) is 12.7. The van der Waals surface area contributed by atoms with Crippen molar-refractivity contribution in [1.29, 1.82) is 0 Å². The molecular formula is C15H22N4O2. The summed E-state index contributed by atoms with van der Waals surface area (Å²) in [7, 11) is 3.99. The van der Waals surface area contributed by atoms with E-state index in [0.717, 1.165) is 17.7 Å². The van der Waals surface area contributed by atoms with Crippen LogP contribution in [0.1, 0.15) is 25.2 Å². The highest BCUT2D eigenvalue weighted by Crippen LogP contribution is 2.21. The molecule has 0 radical (unpaired) electrons. The summed E-state index contributed by atoms with van der Waals surface area (Å²) in [5.41, 5.74) is 7.96. The number of rotatable bonds is 7. The molecule has 0 aliphatic carbocycles. The average molecular weight is 290 g/mol. The van der Waals surface area contributed by atoms with Gasteiger partial charge in [-0.3, -0.25) is 0 Å². The minimum absolute atomic E-state index is 0.366. The summed E-state index contributed by atoms with van der Waals surface area (Å²) < 4.78 is 10.7. The summed E-state index contributed by atoms with van der Waals surface area (Å²) in [6, 6.07) is 7.54. The van der Waals surface area contributed by atoms with Crippen LogP contribution in [-0.2, 0) is 4.74 Å². The number of hydrogen-bond donors (Lipinski definition) is 1. The molecular weight excluding hydrogens is 268 g/mol. The van der Waals surface area contributed by atoms with Gasteiger partial charge >= 0.3 is 0 Å². The van der Waals surface area contributed by atoms with Gasteiger partial charge in [-0.25, -0.2) is 0 Å². The van der Waals surface area contributed by atoms with Crippen molar-refractivity contribution < 1.29 is 9.26 Å². The molecule has 0 amide bonds. The average Bonchev–Trinajstić information content (AvgIpc) is 2.97. The summed E-state index contributed by atoms with van der Waals surface area (Å²) in [6.45, 7) is 3.13. The second-order valence-corrected chi connectivity index (χ2v) is 5.08. The van der Waals surface area contributed by atoms with Gasteiger partial charge in [0.1, 0.15) is 0 Å². The van der Waals surface area contributed by atoms with Gasteiger partial charge < -0.3 is 19.9 Å². The fraction of sp³-hybridized carbons (Fsp3) is 0.467. The van der Waals surface area contributed by atoms with Gasteiger partial charge in [-0.05, 0) is 30.7 Å². The van der Waals surface area contributed by atoms with E-state index in [4.69, 9.17) is 15.0 Å². The van der Waals surface area contributed by atoms with Gasteiger partial charge in [0.25, 0.3) is 5.89 Å². The molecule has 2 aromatic rings. The van der Waals surface area contributed by atoms with Crippen molar-refractivity contribution in [2.45, 2.75) is 19.4 Å². The lowest BCUT2D eigenvalue weighted by Crippen LogP contribution is -2.18. The predicted octanol–water partition coefficient (Wildman–Crippen LogP) is 2.23. The topological polar surface area (TPSA) is 77.4 Å². The number of nitrogens with zero attached hydrogens (tertiary/aromatic N) is 3. The second kappa shape index (κ2) is 7.19. The molecule has 0 bridgehead atoms. The quantitative estimate of drug-likeness (QED) is 0.788. The van der Waals surface area contributed by atoms with Crippen LogP contribution in [0.5, 0.6) is 0 Å². The van der Waals surface area contributed by atoms with Crippen LogP contribution in [0, 0.1) is 0 Å². The first-order chi connectivity index (χ1) is 10.1. The van der Waals surface area contributed by atoms with Crippen molar-refractivity contribution in [2.75, 3.05) is 32.2 Å². The molecule has 0 aliphatic rings. The van der Waals surface area contributed by atoms with E-state index in [9.17, 15) is 0 Å². The molecule has 1 atom stereocenters. The summed E-state index contributed by atoms with van der Waals surface area (Å²) in [5, 5.41) is 3.93. The molecule has 1 heterocycles. The number of aromatic nitrogens is 2. The third kappa shape index (κ3) is 4.03. The first-order valence-electron chi connectivity index (χ1n) is 7.06. The Hall–Kier alpha value is -1.92. The van der Waals surface area contributed by atoms with E-state index in [2.05, 4.69) is 17.1 Å². The van der Waals surface area contributed by atoms with E-state index in [0.29, 0.717) is 24.9 Å². The Morgan fingerprint density at radius 3 is 2.62 bits per heavy atom. The number of hydrogen-bond acceptors (Lipinski definition) is 6. The minimum atomic E-state index is -0.366. The molecule has 1 aromatic carbocycles. The highest BCUT2D eigenvalue weighted by molar-refractivity contribution is 5.58. The molecule has 6 heteroatoms. The Labute approximate surface area is 124 Å². The number of ether oxygens (including phenoxy) is 1. The SMILES string of the molecule is CCCOCC(N)c1noc(-c2ccc(N(C)C)cc2)n1. The van der Waals surface area contributed by atoms with Gasteiger partial charge in [-0.2, -0.15) is 4.98 Å². The molecule has 1 unspecified atom stereocenters. The summed E-state index contributed by atoms with van der Waals surface area (Å²) in [5.74, 6) is 0.944. The van der Waals surface area contributed by atoms with Gasteiger partial charge in [-0.15, -0.1) is 0 Å². The molecule has 0 spiro atoms. The normalized spacial score (nSPS) is 12.4. The van der Waals surface area contributed by atoms with Crippen LogP contribution in [0.3, 0.4) is 0 Å². The lowest BCUT2D eigenvalue weighted by Gasteiger charge is -2.11. The van der Waals surface area contributed by atoms with E-state index in [1.807, 2.05) is 43.3 Å². The van der Waals surface area contributed by atoms with Crippen LogP contribution in [0.2, 0.25) is 0 Å². The Kier molecular flexibility index (Phi) is 5.30. The Morgan fingerprint density at radius 1 is 1.29 bits per heavy atom. The van der Waals surface area contributed by atoms with E-state index in [1.165, 1.54) is 0 Å². The molecule has 2 rings (SSSR count). The highest BCUT2D eigenvalue weighted by Gasteiger charge is 2.15. The standard InChI is InChI=1S/C15H22N4O2/c1-4-9-20-10-13(16)14-17-15(21-18-14)11-5-7-12(8-6-11)19(2)3/h5-8,13H,4,9-10,16H2,1-3H3. The molecule has 0 saturated carbocycles. The van der Waals surface area contributed by atoms with Gasteiger partial charge in [0.15, 0.2) is 5.82 Å². The van der Waals surface area contributed by atoms with Crippen molar-refractivity contribution >= 4 is 5.69 Å². The molecule has 1 aromatic heterocycles. The van der Waals surface area contributed by atoms with Crippen LogP contribution in [0.4, 0.5) is 5.69 Å². The Balaban J connectivity index is 2.05. The van der Waals surface area contributed by atoms with E-state index in [-0.39, 0.29) is 6.04 Å². The lowest BCUT2D eigenvalue weighted by molar-refractivity contribution is 0.119. The molecule has 0 saturated heterocycles. The maximum atomic E-state index is 5.97. The van der Waals surface area contributed by atoms with E-state index < -0.39 is 0 Å². The summed E-state index contributed by atoms with van der Waals surface area (Å²) in [6.07, 6.45) is 0.961. The third-order valence-corrected chi connectivity index (χ3v) is 3.05. The van der Waals surface area contributed by atoms with E-state index in [1.54, 1.807) is 0 Å². The van der Waals surface area contributed by atoms with Gasteiger partial charge in [0, 0.05) is 32.0 Å². The van der Waals surface area contributed by atoms with Crippen LogP contribution >= 0.6 is 0 Å². The Bertz CT molecular complexity index is 551. The highest BCUT2D eigenvalue weighted by atomic mass is 16.5. The summed E-state index contributed by atoms with van der Waals surface area (Å²) in [4.78, 5) is 6.37. The minimum Gasteiger partial charge on any atom is -0.379 e. The van der Waals surface area contributed by atoms with Crippen LogP contribution < -0.4 is 10.6 Å². The molecule has 21 heavy (non-hydrogen) atoms. The fourth-order valence-corrected chi connectivity index (χ4v) is 1.83. The first-order valence-corrected chi connectivity index (χ1v) is 7.06. The number of nitrogens with two attached hydrogens (primary N) is 1. The number of anilines is 1. The second-order valence-electron chi connectivity index (χ2n) is 5.08. The van der Waals surface area contributed by atoms with Gasteiger partial charge in [0.2, 0.25) is 0 Å². The molecule has 114 valence electrons. The maximum absolute atomic E-state index is 5.97. The Morgan fingerprint density at radius 2 is 2.00 bits per heavy atom.